The first kappa shape index (κ1) is 55.9. The third kappa shape index (κ3) is 24.1. The van der Waals surface area contributed by atoms with Gasteiger partial charge in [0.2, 0.25) is 5.96 Å². The number of methoxy groups -OCH3 is 1. The quantitative estimate of drug-likeness (QED) is 0.0116. The predicted octanol–water partition coefficient (Wildman–Crippen LogP) is 9.01. The van der Waals surface area contributed by atoms with Gasteiger partial charge in [0.25, 0.3) is 0 Å². The molecule has 346 valence electrons. The number of ether oxygens (including phenoxy) is 4. The molecule has 0 aliphatic carbocycles. The second-order valence-electron chi connectivity index (χ2n) is 18.4. The van der Waals surface area contributed by atoms with Crippen LogP contribution in [-0.2, 0) is 38.1 Å². The Hall–Kier alpha value is -3.09. The van der Waals surface area contributed by atoms with E-state index in [4.69, 9.17) is 30.4 Å². The Balaban J connectivity index is 5.44. The molecule has 0 radical (unpaired) electrons. The van der Waals surface area contributed by atoms with Crippen LogP contribution in [0.15, 0.2) is 5.10 Å². The number of hydrogen-bond acceptors (Lipinski definition) is 11. The first-order chi connectivity index (χ1) is 27.9. The molecule has 6 N–H and O–H groups in total. The summed E-state index contributed by atoms with van der Waals surface area (Å²) < 4.78 is 22.4. The minimum atomic E-state index is -1.37. The highest BCUT2D eigenvalue weighted by Crippen LogP contribution is 2.49. The molecular weight excluding hydrogens is 753 g/mol. The van der Waals surface area contributed by atoms with E-state index in [9.17, 15) is 24.3 Å². The zero-order chi connectivity index (χ0) is 44.8. The zero-order valence-electron chi connectivity index (χ0n) is 39.0. The highest BCUT2D eigenvalue weighted by molar-refractivity contribution is 5.84. The van der Waals surface area contributed by atoms with Crippen molar-refractivity contribution in [1.29, 1.82) is 0 Å². The van der Waals surface area contributed by atoms with Gasteiger partial charge in [-0.2, -0.15) is 0 Å². The van der Waals surface area contributed by atoms with Crippen molar-refractivity contribution in [2.24, 2.45) is 38.2 Å². The van der Waals surface area contributed by atoms with Gasteiger partial charge in [0, 0.05) is 6.54 Å². The highest BCUT2D eigenvalue weighted by atomic mass is 16.5. The number of unbranched alkanes of at least 4 members (excludes halogenated alkanes) is 16. The molecule has 13 heteroatoms. The number of guanidine groups is 1. The number of hydrazone groups is 1. The van der Waals surface area contributed by atoms with Crippen molar-refractivity contribution in [2.75, 3.05) is 33.5 Å². The van der Waals surface area contributed by atoms with Gasteiger partial charge in [-0.25, -0.2) is 0 Å². The number of nitrogens with one attached hydrogen (secondary N) is 1. The fraction of sp³-hybridized carbons (Fsp3) is 0.891. The van der Waals surface area contributed by atoms with Crippen molar-refractivity contribution in [3.63, 3.8) is 0 Å². The maximum Gasteiger partial charge on any atom is 0.311 e. The lowest BCUT2D eigenvalue weighted by Crippen LogP contribution is -2.47. The third-order valence-electron chi connectivity index (χ3n) is 11.6. The van der Waals surface area contributed by atoms with Crippen molar-refractivity contribution in [1.82, 2.24) is 5.43 Å². The summed E-state index contributed by atoms with van der Waals surface area (Å²) >= 11 is 0. The van der Waals surface area contributed by atoms with E-state index in [-0.39, 0.29) is 51.4 Å². The average Bonchev–Trinajstić information content (AvgIpc) is 3.18. The van der Waals surface area contributed by atoms with Crippen molar-refractivity contribution >= 4 is 29.8 Å². The molecule has 0 aromatic carbocycles. The SMILES string of the molecule is CCCCCCCCCCCCCCCCCCOC(=O)C(C)(C)CC(C)(CC(C)(CC(C)(CC)C(=O)OCC(O)CCNN=C(N)N)C(=O)OC)C(=O)OCCCC. The van der Waals surface area contributed by atoms with Crippen molar-refractivity contribution in [2.45, 2.75) is 209 Å². The predicted molar refractivity (Wildman–Crippen MR) is 236 cm³/mol. The Morgan fingerprint density at radius 3 is 1.47 bits per heavy atom. The van der Waals surface area contributed by atoms with Crippen LogP contribution in [0, 0.1) is 21.7 Å². The molecule has 0 bridgehead atoms. The Morgan fingerprint density at radius 1 is 0.576 bits per heavy atom. The summed E-state index contributed by atoms with van der Waals surface area (Å²) in [5.41, 5.74) is 8.23. The summed E-state index contributed by atoms with van der Waals surface area (Å²) in [6.45, 7) is 15.1. The molecule has 0 saturated heterocycles. The smallest absolute Gasteiger partial charge is 0.311 e. The van der Waals surface area contributed by atoms with E-state index in [0.29, 0.717) is 19.4 Å². The number of aliphatic hydroxyl groups is 1. The standard InChI is InChI=1S/C46H88N4O9/c1-10-13-15-16-17-18-19-20-21-22-23-24-25-26-27-28-32-57-38(52)43(4,5)34-45(7,41(55)58-31-14-11-2)36-46(8,39(53)56-9)35-44(6,12-3)40(54)59-33-37(51)29-30-49-50-42(47)48/h37,49,51H,10-36H2,1-9H3,(H4,47,48,50). The minimum Gasteiger partial charge on any atom is -0.469 e. The summed E-state index contributed by atoms with van der Waals surface area (Å²) in [5, 5.41) is 14.0. The number of rotatable bonds is 37. The monoisotopic (exact) mass is 841 g/mol. The van der Waals surface area contributed by atoms with Crippen LogP contribution in [0.25, 0.3) is 0 Å². The third-order valence-corrected chi connectivity index (χ3v) is 11.6. The molecule has 0 amide bonds. The first-order valence-electron chi connectivity index (χ1n) is 23.0. The van der Waals surface area contributed by atoms with Crippen molar-refractivity contribution in [3.8, 4) is 0 Å². The van der Waals surface area contributed by atoms with Gasteiger partial charge in [-0.15, -0.1) is 5.10 Å². The van der Waals surface area contributed by atoms with E-state index in [1.807, 2.05) is 13.8 Å². The summed E-state index contributed by atoms with van der Waals surface area (Å²) in [6.07, 6.45) is 21.1. The van der Waals surface area contributed by atoms with Crippen LogP contribution in [-0.4, -0.2) is 74.5 Å². The molecule has 4 atom stereocenters. The lowest BCUT2D eigenvalue weighted by atomic mass is 9.61. The van der Waals surface area contributed by atoms with Crippen LogP contribution in [0.4, 0.5) is 0 Å². The van der Waals surface area contributed by atoms with E-state index in [0.717, 1.165) is 25.7 Å². The maximum absolute atomic E-state index is 14.0. The van der Waals surface area contributed by atoms with Crippen LogP contribution >= 0.6 is 0 Å². The summed E-state index contributed by atoms with van der Waals surface area (Å²) in [4.78, 5) is 54.8. The van der Waals surface area contributed by atoms with Crippen LogP contribution in [0.5, 0.6) is 0 Å². The molecule has 0 aliphatic rings. The van der Waals surface area contributed by atoms with Gasteiger partial charge in [-0.05, 0) is 79.6 Å². The number of aliphatic hydroxyl groups excluding tert-OH is 1. The highest BCUT2D eigenvalue weighted by Gasteiger charge is 2.53. The molecular formula is C46H88N4O9. The van der Waals surface area contributed by atoms with E-state index in [2.05, 4.69) is 17.5 Å². The first-order valence-corrected chi connectivity index (χ1v) is 23.0. The fourth-order valence-electron chi connectivity index (χ4n) is 8.07. The van der Waals surface area contributed by atoms with Crippen LogP contribution in [0.2, 0.25) is 0 Å². The molecule has 59 heavy (non-hydrogen) atoms. The second-order valence-corrected chi connectivity index (χ2v) is 18.4. The molecule has 0 saturated carbocycles. The molecule has 13 nitrogen and oxygen atoms in total. The number of nitrogens with two attached hydrogens (primary N) is 2. The molecule has 0 aliphatic heterocycles. The van der Waals surface area contributed by atoms with E-state index < -0.39 is 51.6 Å². The van der Waals surface area contributed by atoms with E-state index in [1.165, 1.54) is 90.6 Å². The molecule has 0 fully saturated rings. The zero-order valence-corrected chi connectivity index (χ0v) is 39.0. The lowest BCUT2D eigenvalue weighted by molar-refractivity contribution is -0.171. The molecule has 0 aromatic heterocycles. The van der Waals surface area contributed by atoms with Gasteiger partial charge in [-0.1, -0.05) is 124 Å². The number of carbonyl (C=O) groups is 4. The van der Waals surface area contributed by atoms with Gasteiger partial charge in [-0.3, -0.25) is 19.2 Å². The van der Waals surface area contributed by atoms with Crippen molar-refractivity contribution < 1.29 is 43.2 Å². The van der Waals surface area contributed by atoms with Crippen LogP contribution in [0.1, 0.15) is 203 Å². The fourth-order valence-corrected chi connectivity index (χ4v) is 8.07. The topological polar surface area (TPSA) is 202 Å². The van der Waals surface area contributed by atoms with Crippen molar-refractivity contribution in [3.05, 3.63) is 0 Å². The summed E-state index contributed by atoms with van der Waals surface area (Å²) in [7, 11) is 1.27. The Morgan fingerprint density at radius 2 is 1.00 bits per heavy atom. The normalized spacial score (nSPS) is 15.2. The van der Waals surface area contributed by atoms with Crippen LogP contribution in [0.3, 0.4) is 0 Å². The summed E-state index contributed by atoms with van der Waals surface area (Å²) in [5.74, 6) is -2.30. The lowest BCUT2D eigenvalue weighted by Gasteiger charge is -2.42. The van der Waals surface area contributed by atoms with Gasteiger partial charge in [0.1, 0.15) is 6.61 Å². The van der Waals surface area contributed by atoms with E-state index in [1.54, 1.807) is 34.6 Å². The number of nitrogens with zero attached hydrogens (tertiary/aromatic N) is 1. The van der Waals surface area contributed by atoms with E-state index >= 15 is 0 Å². The second kappa shape index (κ2) is 30.9. The van der Waals surface area contributed by atoms with Gasteiger partial charge in [0.05, 0.1) is 48.1 Å². The van der Waals surface area contributed by atoms with Crippen LogP contribution < -0.4 is 16.9 Å². The van der Waals surface area contributed by atoms with Gasteiger partial charge < -0.3 is 40.9 Å². The molecule has 0 rings (SSSR count). The average molecular weight is 841 g/mol. The molecule has 0 heterocycles. The Bertz CT molecular complexity index is 1210. The number of hydrogen-bond donors (Lipinski definition) is 4. The Kier molecular flexibility index (Phi) is 29.2. The molecule has 0 aromatic rings. The number of esters is 4. The maximum atomic E-state index is 14.0. The Labute approximate surface area is 358 Å². The summed E-state index contributed by atoms with van der Waals surface area (Å²) in [6, 6.07) is 0. The minimum absolute atomic E-state index is 0.0217. The van der Waals surface area contributed by atoms with Gasteiger partial charge in [0.15, 0.2) is 0 Å². The molecule has 4 unspecified atom stereocenters. The van der Waals surface area contributed by atoms with Gasteiger partial charge >= 0.3 is 23.9 Å². The number of carbonyl (C=O) groups excluding carboxylic acids is 4. The largest absolute Gasteiger partial charge is 0.469 e. The molecule has 0 spiro atoms.